The van der Waals surface area contributed by atoms with Crippen molar-refractivity contribution in [3.8, 4) is 11.5 Å². The summed E-state index contributed by atoms with van der Waals surface area (Å²) in [4.78, 5) is 11.5. The van der Waals surface area contributed by atoms with Crippen molar-refractivity contribution in [1.29, 1.82) is 0 Å². The van der Waals surface area contributed by atoms with E-state index in [1.807, 2.05) is 0 Å². The van der Waals surface area contributed by atoms with Crippen molar-refractivity contribution in [2.45, 2.75) is 43.9 Å². The predicted molar refractivity (Wildman–Crippen MR) is 83.7 cm³/mol. The second-order valence-electron chi connectivity index (χ2n) is 7.74. The molecule has 1 aromatic rings. The minimum Gasteiger partial charge on any atom is -0.545 e. The maximum atomic E-state index is 11.5. The van der Waals surface area contributed by atoms with Crippen LogP contribution in [0.4, 0.5) is 0 Å². The van der Waals surface area contributed by atoms with E-state index in [2.05, 4.69) is 0 Å². The van der Waals surface area contributed by atoms with E-state index in [1.165, 1.54) is 26.4 Å². The average molecular weight is 315 g/mol. The van der Waals surface area contributed by atoms with Gasteiger partial charge >= 0.3 is 0 Å². The first kappa shape index (κ1) is 14.9. The van der Waals surface area contributed by atoms with Gasteiger partial charge in [-0.05, 0) is 67.8 Å². The van der Waals surface area contributed by atoms with E-state index in [0.717, 1.165) is 48.3 Å². The van der Waals surface area contributed by atoms with E-state index in [9.17, 15) is 9.90 Å². The third-order valence-electron chi connectivity index (χ3n) is 6.35. The fraction of sp³-hybridized carbons (Fsp3) is 0.632. The first-order chi connectivity index (χ1) is 11.0. The van der Waals surface area contributed by atoms with Crippen LogP contribution in [0.5, 0.6) is 11.5 Å². The minimum atomic E-state index is -1.18. The van der Waals surface area contributed by atoms with E-state index in [1.54, 1.807) is 19.2 Å². The highest BCUT2D eigenvalue weighted by Crippen LogP contribution is 2.62. The Hall–Kier alpha value is -1.71. The summed E-state index contributed by atoms with van der Waals surface area (Å²) in [5, 5.41) is 11.5. The normalized spacial score (nSPS) is 34.4. The maximum absolute atomic E-state index is 11.5. The molecule has 23 heavy (non-hydrogen) atoms. The van der Waals surface area contributed by atoms with Gasteiger partial charge in [0, 0.05) is 17.2 Å². The number of carbonyl (C=O) groups excluding carboxylic acids is 1. The molecule has 4 heteroatoms. The summed E-state index contributed by atoms with van der Waals surface area (Å²) in [5.74, 6) is 2.26. The Bertz CT molecular complexity index is 614. The Morgan fingerprint density at radius 3 is 1.96 bits per heavy atom. The molecule has 0 atom stereocenters. The molecule has 0 unspecified atom stereocenters. The van der Waals surface area contributed by atoms with Crippen LogP contribution in [0.1, 0.15) is 54.4 Å². The molecule has 4 nitrogen and oxygen atoms in total. The number of carboxylic acids is 1. The summed E-state index contributed by atoms with van der Waals surface area (Å²) in [6.45, 7) is 0. The van der Waals surface area contributed by atoms with E-state index < -0.39 is 5.97 Å². The molecular weight excluding hydrogens is 292 g/mol. The summed E-state index contributed by atoms with van der Waals surface area (Å²) >= 11 is 0. The highest BCUT2D eigenvalue weighted by molar-refractivity contribution is 5.90. The number of carbonyl (C=O) groups is 1. The highest BCUT2D eigenvalue weighted by Gasteiger charge is 2.52. The van der Waals surface area contributed by atoms with Crippen LogP contribution in [0.2, 0.25) is 0 Å². The lowest BCUT2D eigenvalue weighted by atomic mass is 9.48. The second kappa shape index (κ2) is 5.15. The summed E-state index contributed by atoms with van der Waals surface area (Å²) in [5.41, 5.74) is 1.27. The van der Waals surface area contributed by atoms with Gasteiger partial charge in [0.15, 0.2) is 0 Å². The Labute approximate surface area is 136 Å². The molecule has 4 saturated carbocycles. The lowest BCUT2D eigenvalue weighted by Gasteiger charge is -2.57. The fourth-order valence-corrected chi connectivity index (χ4v) is 5.91. The Kier molecular flexibility index (Phi) is 3.33. The number of hydrogen-bond acceptors (Lipinski definition) is 4. The first-order valence-corrected chi connectivity index (χ1v) is 8.52. The number of rotatable bonds is 4. The van der Waals surface area contributed by atoms with E-state index in [4.69, 9.17) is 9.47 Å². The van der Waals surface area contributed by atoms with Crippen molar-refractivity contribution in [1.82, 2.24) is 0 Å². The van der Waals surface area contributed by atoms with Gasteiger partial charge in [0.05, 0.1) is 20.2 Å². The molecule has 0 aromatic heterocycles. The molecule has 0 aliphatic heterocycles. The van der Waals surface area contributed by atoms with Crippen molar-refractivity contribution in [3.05, 3.63) is 23.3 Å². The Morgan fingerprint density at radius 2 is 1.52 bits per heavy atom. The first-order valence-electron chi connectivity index (χ1n) is 8.52. The van der Waals surface area contributed by atoms with Crippen LogP contribution in [0.3, 0.4) is 0 Å². The molecule has 4 aliphatic rings. The Morgan fingerprint density at radius 1 is 1.00 bits per heavy atom. The standard InChI is InChI=1S/C19H24O4/c1-22-16-7-17(23-2)15(6-14(16)18(20)21)19-8-11-3-12(9-19)5-13(4-11)10-19/h6-7,11-13H,3-5,8-10H2,1-2H3,(H,20,21)/p-1. The SMILES string of the molecule is COc1cc(OC)c(C23CC4CC(CC(C4)C2)C3)cc1C(=O)[O-]. The molecular formula is C19H23O4-. The van der Waals surface area contributed by atoms with Crippen LogP contribution in [-0.2, 0) is 5.41 Å². The fourth-order valence-electron chi connectivity index (χ4n) is 5.91. The van der Waals surface area contributed by atoms with Crippen molar-refractivity contribution in [3.63, 3.8) is 0 Å². The van der Waals surface area contributed by atoms with Crippen LogP contribution < -0.4 is 14.6 Å². The van der Waals surface area contributed by atoms with Gasteiger partial charge in [0.2, 0.25) is 0 Å². The smallest absolute Gasteiger partial charge is 0.131 e. The van der Waals surface area contributed by atoms with Crippen molar-refractivity contribution in [2.24, 2.45) is 17.8 Å². The molecule has 1 aromatic carbocycles. The van der Waals surface area contributed by atoms with Gasteiger partial charge in [-0.15, -0.1) is 0 Å². The monoisotopic (exact) mass is 315 g/mol. The zero-order chi connectivity index (χ0) is 16.2. The van der Waals surface area contributed by atoms with Gasteiger partial charge in [-0.1, -0.05) is 0 Å². The number of hydrogen-bond donors (Lipinski definition) is 0. The highest BCUT2D eigenvalue weighted by atomic mass is 16.5. The van der Waals surface area contributed by atoms with Gasteiger partial charge in [-0.3, -0.25) is 0 Å². The van der Waals surface area contributed by atoms with Gasteiger partial charge in [0.25, 0.3) is 0 Å². The number of carboxylic acid groups (broad SMARTS) is 1. The van der Waals surface area contributed by atoms with Gasteiger partial charge < -0.3 is 19.4 Å². The summed E-state index contributed by atoms with van der Waals surface area (Å²) in [7, 11) is 3.13. The van der Waals surface area contributed by atoms with Crippen LogP contribution >= 0.6 is 0 Å². The minimum absolute atomic E-state index is 0.0799. The quantitative estimate of drug-likeness (QED) is 0.857. The van der Waals surface area contributed by atoms with Crippen molar-refractivity contribution >= 4 is 5.97 Å². The molecule has 0 saturated heterocycles. The molecule has 124 valence electrons. The molecule has 5 rings (SSSR count). The molecule has 0 spiro atoms. The summed E-state index contributed by atoms with van der Waals surface area (Å²) < 4.78 is 10.8. The number of aromatic carboxylic acids is 1. The molecule has 0 N–H and O–H groups in total. The zero-order valence-corrected chi connectivity index (χ0v) is 13.8. The third kappa shape index (κ3) is 2.22. The Balaban J connectivity index is 1.84. The largest absolute Gasteiger partial charge is 0.545 e. The number of ether oxygens (including phenoxy) is 2. The van der Waals surface area contributed by atoms with E-state index >= 15 is 0 Å². The number of methoxy groups -OCH3 is 2. The van der Waals surface area contributed by atoms with Crippen LogP contribution in [0.25, 0.3) is 0 Å². The lowest BCUT2D eigenvalue weighted by molar-refractivity contribution is -0.255. The van der Waals surface area contributed by atoms with Crippen molar-refractivity contribution in [2.75, 3.05) is 14.2 Å². The topological polar surface area (TPSA) is 58.6 Å². The van der Waals surface area contributed by atoms with Crippen LogP contribution in [-0.4, -0.2) is 20.2 Å². The van der Waals surface area contributed by atoms with E-state index in [0.29, 0.717) is 5.75 Å². The molecule has 4 bridgehead atoms. The summed E-state index contributed by atoms with van der Waals surface area (Å²) in [6.07, 6.45) is 7.54. The molecule has 0 amide bonds. The lowest BCUT2D eigenvalue weighted by Crippen LogP contribution is -2.48. The maximum Gasteiger partial charge on any atom is 0.131 e. The predicted octanol–water partition coefficient (Wildman–Crippen LogP) is 2.54. The van der Waals surface area contributed by atoms with Crippen molar-refractivity contribution < 1.29 is 19.4 Å². The van der Waals surface area contributed by atoms with Gasteiger partial charge in [-0.2, -0.15) is 0 Å². The third-order valence-corrected chi connectivity index (χ3v) is 6.35. The molecule has 4 aliphatic carbocycles. The van der Waals surface area contributed by atoms with Gasteiger partial charge in [0.1, 0.15) is 11.5 Å². The average Bonchev–Trinajstić information content (AvgIpc) is 2.52. The second-order valence-corrected chi connectivity index (χ2v) is 7.74. The van der Waals surface area contributed by atoms with Gasteiger partial charge in [-0.25, -0.2) is 0 Å². The van der Waals surface area contributed by atoms with Crippen LogP contribution in [0.15, 0.2) is 12.1 Å². The van der Waals surface area contributed by atoms with Crippen LogP contribution in [0, 0.1) is 17.8 Å². The molecule has 4 fully saturated rings. The number of benzene rings is 1. The van der Waals surface area contributed by atoms with E-state index in [-0.39, 0.29) is 11.0 Å². The molecule has 0 heterocycles. The molecule has 0 radical (unpaired) electrons. The zero-order valence-electron chi connectivity index (χ0n) is 13.8. The summed E-state index contributed by atoms with van der Waals surface area (Å²) in [6, 6.07) is 3.49.